The van der Waals surface area contributed by atoms with Crippen LogP contribution < -0.4 is 5.32 Å². The van der Waals surface area contributed by atoms with Gasteiger partial charge in [0, 0.05) is 5.38 Å². The van der Waals surface area contributed by atoms with E-state index < -0.39 is 24.5 Å². The minimum atomic E-state index is -0.646. The van der Waals surface area contributed by atoms with Gasteiger partial charge < -0.3 is 9.47 Å². The Hall–Kier alpha value is -3.40. The van der Waals surface area contributed by atoms with Crippen molar-refractivity contribution < 1.29 is 23.9 Å². The number of carbonyl (C=O) groups is 3. The Morgan fingerprint density at radius 2 is 1.79 bits per heavy atom. The number of nitrogens with one attached hydrogen (secondary N) is 1. The quantitative estimate of drug-likeness (QED) is 0.610. The van der Waals surface area contributed by atoms with Gasteiger partial charge in [0.2, 0.25) is 0 Å². The second-order valence-corrected chi connectivity index (χ2v) is 6.98. The molecule has 0 saturated heterocycles. The SMILES string of the molecule is COC(=O)Cc1csc(NC(=O)COC(=O)c2ccc3nc(C)c(C)nc3c2)n1. The average molecular weight is 414 g/mol. The molecule has 1 aromatic carbocycles. The molecule has 1 amide bonds. The van der Waals surface area contributed by atoms with Crippen LogP contribution in [0, 0.1) is 13.8 Å². The molecule has 150 valence electrons. The number of benzene rings is 1. The molecule has 0 spiro atoms. The second-order valence-electron chi connectivity index (χ2n) is 6.12. The van der Waals surface area contributed by atoms with Gasteiger partial charge in [-0.05, 0) is 32.0 Å². The van der Waals surface area contributed by atoms with Crippen LogP contribution >= 0.6 is 11.3 Å². The van der Waals surface area contributed by atoms with E-state index in [0.717, 1.165) is 22.7 Å². The minimum absolute atomic E-state index is 0.0156. The Balaban J connectivity index is 1.57. The summed E-state index contributed by atoms with van der Waals surface area (Å²) in [6.45, 7) is 3.23. The normalized spacial score (nSPS) is 10.6. The van der Waals surface area contributed by atoms with Crippen molar-refractivity contribution in [1.29, 1.82) is 0 Å². The Labute approximate surface area is 170 Å². The molecule has 2 heterocycles. The van der Waals surface area contributed by atoms with Gasteiger partial charge in [-0.15, -0.1) is 11.3 Å². The topological polar surface area (TPSA) is 120 Å². The number of amides is 1. The molecule has 10 heteroatoms. The van der Waals surface area contributed by atoms with Gasteiger partial charge >= 0.3 is 11.9 Å². The molecule has 9 nitrogen and oxygen atoms in total. The van der Waals surface area contributed by atoms with E-state index >= 15 is 0 Å². The third kappa shape index (κ3) is 5.11. The number of hydrogen-bond donors (Lipinski definition) is 1. The number of fused-ring (bicyclic) bond motifs is 1. The Bertz CT molecular complexity index is 1100. The lowest BCUT2D eigenvalue weighted by Gasteiger charge is -2.06. The number of hydrogen-bond acceptors (Lipinski definition) is 9. The van der Waals surface area contributed by atoms with E-state index in [2.05, 4.69) is 25.0 Å². The van der Waals surface area contributed by atoms with Crippen LogP contribution in [-0.2, 0) is 25.5 Å². The molecule has 0 aliphatic rings. The molecule has 3 rings (SSSR count). The van der Waals surface area contributed by atoms with E-state index in [4.69, 9.17) is 4.74 Å². The van der Waals surface area contributed by atoms with Gasteiger partial charge in [-0.1, -0.05) is 0 Å². The summed E-state index contributed by atoms with van der Waals surface area (Å²) in [5.41, 5.74) is 3.61. The highest BCUT2D eigenvalue weighted by atomic mass is 32.1. The number of rotatable bonds is 6. The number of aryl methyl sites for hydroxylation is 2. The summed E-state index contributed by atoms with van der Waals surface area (Å²) in [5.74, 6) is -1.61. The lowest BCUT2D eigenvalue weighted by atomic mass is 10.2. The van der Waals surface area contributed by atoms with Crippen molar-refractivity contribution in [2.75, 3.05) is 19.0 Å². The van der Waals surface area contributed by atoms with Crippen LogP contribution in [0.25, 0.3) is 11.0 Å². The van der Waals surface area contributed by atoms with Crippen molar-refractivity contribution >= 4 is 45.3 Å². The van der Waals surface area contributed by atoms with E-state index in [9.17, 15) is 14.4 Å². The molecular weight excluding hydrogens is 396 g/mol. The van der Waals surface area contributed by atoms with Crippen molar-refractivity contribution in [2.45, 2.75) is 20.3 Å². The van der Waals surface area contributed by atoms with Gasteiger partial charge in [0.05, 0.1) is 47.2 Å². The molecule has 0 aliphatic heterocycles. The average Bonchev–Trinajstić information content (AvgIpc) is 3.13. The Kier molecular flexibility index (Phi) is 6.13. The lowest BCUT2D eigenvalue weighted by Crippen LogP contribution is -2.21. The smallest absolute Gasteiger partial charge is 0.338 e. The van der Waals surface area contributed by atoms with Crippen LogP contribution in [0.2, 0.25) is 0 Å². The molecule has 0 radical (unpaired) electrons. The third-order valence-electron chi connectivity index (χ3n) is 4.00. The fourth-order valence-corrected chi connectivity index (χ4v) is 3.12. The summed E-state index contributed by atoms with van der Waals surface area (Å²) in [7, 11) is 1.29. The molecule has 0 saturated carbocycles. The predicted octanol–water partition coefficient (Wildman–Crippen LogP) is 2.21. The van der Waals surface area contributed by atoms with Crippen molar-refractivity contribution in [2.24, 2.45) is 0 Å². The number of thiazole rings is 1. The summed E-state index contributed by atoms with van der Waals surface area (Å²) >= 11 is 1.16. The number of methoxy groups -OCH3 is 1. The van der Waals surface area contributed by atoms with E-state index in [1.807, 2.05) is 13.8 Å². The molecule has 0 aliphatic carbocycles. The summed E-state index contributed by atoms with van der Waals surface area (Å²) in [6, 6.07) is 4.84. The minimum Gasteiger partial charge on any atom is -0.469 e. The predicted molar refractivity (Wildman–Crippen MR) is 106 cm³/mol. The van der Waals surface area contributed by atoms with Gasteiger partial charge in [0.15, 0.2) is 11.7 Å². The second kappa shape index (κ2) is 8.74. The fourth-order valence-electron chi connectivity index (χ4n) is 2.39. The third-order valence-corrected chi connectivity index (χ3v) is 4.80. The first kappa shape index (κ1) is 20.3. The Morgan fingerprint density at radius 3 is 2.52 bits per heavy atom. The molecule has 2 aromatic heterocycles. The van der Waals surface area contributed by atoms with Crippen molar-refractivity contribution in [1.82, 2.24) is 15.0 Å². The Morgan fingerprint density at radius 1 is 1.07 bits per heavy atom. The fraction of sp³-hybridized carbons (Fsp3) is 0.263. The van der Waals surface area contributed by atoms with E-state index in [0.29, 0.717) is 21.9 Å². The highest BCUT2D eigenvalue weighted by Crippen LogP contribution is 2.17. The maximum absolute atomic E-state index is 12.2. The van der Waals surface area contributed by atoms with E-state index in [1.165, 1.54) is 7.11 Å². The van der Waals surface area contributed by atoms with Crippen LogP contribution in [0.15, 0.2) is 23.6 Å². The molecular formula is C19H18N4O5S. The number of ether oxygens (including phenoxy) is 2. The zero-order valence-corrected chi connectivity index (χ0v) is 16.8. The molecule has 0 bridgehead atoms. The molecule has 1 N–H and O–H groups in total. The zero-order valence-electron chi connectivity index (χ0n) is 16.0. The largest absolute Gasteiger partial charge is 0.469 e. The number of anilines is 1. The first-order valence-electron chi connectivity index (χ1n) is 8.59. The molecule has 0 unspecified atom stereocenters. The number of aromatic nitrogens is 3. The summed E-state index contributed by atoms with van der Waals surface area (Å²) in [4.78, 5) is 48.4. The standard InChI is InChI=1S/C19H18N4O5S/c1-10-11(2)21-15-6-12(4-5-14(15)20-10)18(26)28-8-16(24)23-19-22-13(9-29-19)7-17(25)27-3/h4-6,9H,7-8H2,1-3H3,(H,22,23,24). The van der Waals surface area contributed by atoms with Gasteiger partial charge in [-0.25, -0.2) is 19.7 Å². The van der Waals surface area contributed by atoms with E-state index in [1.54, 1.807) is 23.6 Å². The van der Waals surface area contributed by atoms with Crippen LogP contribution in [-0.4, -0.2) is 46.5 Å². The van der Waals surface area contributed by atoms with Crippen molar-refractivity contribution in [3.63, 3.8) is 0 Å². The molecule has 0 fully saturated rings. The monoisotopic (exact) mass is 414 g/mol. The van der Waals surface area contributed by atoms with Crippen LogP contribution in [0.5, 0.6) is 0 Å². The summed E-state index contributed by atoms with van der Waals surface area (Å²) in [6.07, 6.45) is 0.0156. The van der Waals surface area contributed by atoms with Crippen molar-refractivity contribution in [3.05, 3.63) is 46.2 Å². The summed E-state index contributed by atoms with van der Waals surface area (Å²) < 4.78 is 9.62. The van der Waals surface area contributed by atoms with Crippen molar-refractivity contribution in [3.8, 4) is 0 Å². The number of esters is 2. The van der Waals surface area contributed by atoms with Crippen LogP contribution in [0.3, 0.4) is 0 Å². The highest BCUT2D eigenvalue weighted by molar-refractivity contribution is 7.13. The van der Waals surface area contributed by atoms with Gasteiger partial charge in [-0.2, -0.15) is 0 Å². The first-order chi connectivity index (χ1) is 13.9. The van der Waals surface area contributed by atoms with Gasteiger partial charge in [0.25, 0.3) is 5.91 Å². The van der Waals surface area contributed by atoms with E-state index in [-0.39, 0.29) is 12.0 Å². The van der Waals surface area contributed by atoms with Gasteiger partial charge in [-0.3, -0.25) is 14.9 Å². The maximum atomic E-state index is 12.2. The highest BCUT2D eigenvalue weighted by Gasteiger charge is 2.14. The molecule has 29 heavy (non-hydrogen) atoms. The molecule has 0 atom stereocenters. The molecule has 3 aromatic rings. The van der Waals surface area contributed by atoms with Gasteiger partial charge in [0.1, 0.15) is 0 Å². The van der Waals surface area contributed by atoms with Crippen LogP contribution in [0.4, 0.5) is 5.13 Å². The summed E-state index contributed by atoms with van der Waals surface area (Å²) in [5, 5.41) is 4.46. The maximum Gasteiger partial charge on any atom is 0.338 e. The first-order valence-corrected chi connectivity index (χ1v) is 9.47. The lowest BCUT2D eigenvalue weighted by molar-refractivity contribution is -0.139. The number of carbonyl (C=O) groups excluding carboxylic acids is 3. The zero-order chi connectivity index (χ0) is 21.0. The number of nitrogens with zero attached hydrogens (tertiary/aromatic N) is 3. The van der Waals surface area contributed by atoms with Crippen LogP contribution in [0.1, 0.15) is 27.4 Å².